The number of ketones is 1. The highest BCUT2D eigenvalue weighted by molar-refractivity contribution is 6.04. The van der Waals surface area contributed by atoms with Gasteiger partial charge in [-0.15, -0.1) is 0 Å². The Morgan fingerprint density at radius 1 is 1.14 bits per heavy atom. The summed E-state index contributed by atoms with van der Waals surface area (Å²) in [6, 6.07) is 10.9. The highest BCUT2D eigenvalue weighted by Gasteiger charge is 2.34. The van der Waals surface area contributed by atoms with Crippen LogP contribution in [-0.2, 0) is 0 Å². The summed E-state index contributed by atoms with van der Waals surface area (Å²) in [4.78, 5) is 12.5. The highest BCUT2D eigenvalue weighted by Crippen LogP contribution is 2.49. The van der Waals surface area contributed by atoms with Gasteiger partial charge in [0.2, 0.25) is 5.75 Å². The van der Waals surface area contributed by atoms with Crippen LogP contribution in [0.25, 0.3) is 0 Å². The van der Waals surface area contributed by atoms with Gasteiger partial charge in [0.15, 0.2) is 17.3 Å². The van der Waals surface area contributed by atoms with Gasteiger partial charge in [0, 0.05) is 6.07 Å². The SMILES string of the molecule is COc1cc(OC)c2c(c1O)O[C@@H](c1ccccc1)CC2=O. The topological polar surface area (TPSA) is 65.0 Å². The summed E-state index contributed by atoms with van der Waals surface area (Å²) >= 11 is 0. The predicted molar refractivity (Wildman–Crippen MR) is 80.0 cm³/mol. The van der Waals surface area contributed by atoms with Crippen LogP contribution >= 0.6 is 0 Å². The molecule has 2 aromatic rings. The van der Waals surface area contributed by atoms with Crippen LogP contribution in [0, 0.1) is 0 Å². The van der Waals surface area contributed by atoms with E-state index < -0.39 is 6.10 Å². The maximum Gasteiger partial charge on any atom is 0.201 e. The van der Waals surface area contributed by atoms with Gasteiger partial charge in [0.05, 0.1) is 20.6 Å². The third-order valence-corrected chi connectivity index (χ3v) is 3.71. The normalized spacial score (nSPS) is 16.6. The Balaban J connectivity index is 2.10. The van der Waals surface area contributed by atoms with Gasteiger partial charge in [-0.2, -0.15) is 0 Å². The van der Waals surface area contributed by atoms with Crippen LogP contribution in [0.2, 0.25) is 0 Å². The van der Waals surface area contributed by atoms with Crippen LogP contribution in [0.3, 0.4) is 0 Å². The Bertz CT molecular complexity index is 709. The van der Waals surface area contributed by atoms with E-state index in [4.69, 9.17) is 14.2 Å². The third kappa shape index (κ3) is 2.24. The molecule has 0 spiro atoms. The van der Waals surface area contributed by atoms with E-state index >= 15 is 0 Å². The molecule has 1 aliphatic rings. The number of benzene rings is 2. The van der Waals surface area contributed by atoms with E-state index in [1.807, 2.05) is 30.3 Å². The Morgan fingerprint density at radius 2 is 1.82 bits per heavy atom. The van der Waals surface area contributed by atoms with E-state index in [1.165, 1.54) is 20.3 Å². The number of hydrogen-bond donors (Lipinski definition) is 1. The molecule has 22 heavy (non-hydrogen) atoms. The Kier molecular flexibility index (Phi) is 3.63. The summed E-state index contributed by atoms with van der Waals surface area (Å²) in [6.45, 7) is 0. The monoisotopic (exact) mass is 300 g/mol. The van der Waals surface area contributed by atoms with Crippen LogP contribution in [-0.4, -0.2) is 25.1 Å². The summed E-state index contributed by atoms with van der Waals surface area (Å²) < 4.78 is 16.2. The minimum absolute atomic E-state index is 0.112. The number of Topliss-reactive ketones (excluding diaryl/α,β-unsaturated/α-hetero) is 1. The van der Waals surface area contributed by atoms with Gasteiger partial charge in [-0.3, -0.25) is 4.79 Å². The molecule has 0 saturated heterocycles. The number of methoxy groups -OCH3 is 2. The first kappa shape index (κ1) is 14.3. The van der Waals surface area contributed by atoms with Crippen LogP contribution in [0.15, 0.2) is 36.4 Å². The zero-order chi connectivity index (χ0) is 15.7. The first-order valence-electron chi connectivity index (χ1n) is 6.88. The number of phenolic OH excluding ortho intramolecular Hbond substituents is 1. The second-order valence-electron chi connectivity index (χ2n) is 4.98. The van der Waals surface area contributed by atoms with Gasteiger partial charge in [-0.25, -0.2) is 0 Å². The second kappa shape index (κ2) is 5.60. The molecule has 0 aromatic heterocycles. The number of fused-ring (bicyclic) bond motifs is 1. The van der Waals surface area contributed by atoms with E-state index in [-0.39, 0.29) is 35.0 Å². The molecule has 2 aromatic carbocycles. The smallest absolute Gasteiger partial charge is 0.201 e. The molecule has 1 atom stereocenters. The summed E-state index contributed by atoms with van der Waals surface area (Å²) in [5.41, 5.74) is 1.13. The predicted octanol–water partition coefficient (Wildman–Crippen LogP) is 3.12. The summed E-state index contributed by atoms with van der Waals surface area (Å²) in [7, 11) is 2.89. The molecular formula is C17H16O5. The van der Waals surface area contributed by atoms with Gasteiger partial charge >= 0.3 is 0 Å². The van der Waals surface area contributed by atoms with Gasteiger partial charge in [-0.05, 0) is 5.56 Å². The van der Waals surface area contributed by atoms with Crippen LogP contribution in [0.1, 0.15) is 28.4 Å². The fourth-order valence-corrected chi connectivity index (χ4v) is 2.61. The van der Waals surface area contributed by atoms with Crippen molar-refractivity contribution in [3.63, 3.8) is 0 Å². The quantitative estimate of drug-likeness (QED) is 0.943. The van der Waals surface area contributed by atoms with Gasteiger partial charge in [0.1, 0.15) is 17.4 Å². The molecule has 0 fully saturated rings. The summed E-state index contributed by atoms with van der Waals surface area (Å²) in [5, 5.41) is 10.3. The Labute approximate surface area is 128 Å². The van der Waals surface area contributed by atoms with Crippen molar-refractivity contribution in [1.29, 1.82) is 0 Å². The second-order valence-corrected chi connectivity index (χ2v) is 4.98. The van der Waals surface area contributed by atoms with Gasteiger partial charge < -0.3 is 19.3 Å². The van der Waals surface area contributed by atoms with Crippen molar-refractivity contribution in [3.05, 3.63) is 47.5 Å². The van der Waals surface area contributed by atoms with Crippen molar-refractivity contribution in [2.75, 3.05) is 14.2 Å². The van der Waals surface area contributed by atoms with E-state index in [1.54, 1.807) is 0 Å². The molecule has 3 rings (SSSR count). The maximum atomic E-state index is 12.5. The summed E-state index contributed by atoms with van der Waals surface area (Å²) in [6.07, 6.45) is -0.247. The molecule has 0 amide bonds. The van der Waals surface area contributed by atoms with Crippen molar-refractivity contribution in [2.24, 2.45) is 0 Å². The standard InChI is InChI=1S/C17H16O5/c1-20-13-9-14(21-2)16(19)17-15(13)11(18)8-12(22-17)10-6-4-3-5-7-10/h3-7,9,12,19H,8H2,1-2H3/t12-/m1/s1. The van der Waals surface area contributed by atoms with Crippen LogP contribution in [0.5, 0.6) is 23.0 Å². The van der Waals surface area contributed by atoms with Crippen molar-refractivity contribution in [2.45, 2.75) is 12.5 Å². The molecule has 0 unspecified atom stereocenters. The van der Waals surface area contributed by atoms with Crippen molar-refractivity contribution in [3.8, 4) is 23.0 Å². The largest absolute Gasteiger partial charge is 0.502 e. The van der Waals surface area contributed by atoms with Crippen molar-refractivity contribution < 1.29 is 24.1 Å². The molecular weight excluding hydrogens is 284 g/mol. The highest BCUT2D eigenvalue weighted by atomic mass is 16.5. The first-order valence-corrected chi connectivity index (χ1v) is 6.88. The average molecular weight is 300 g/mol. The lowest BCUT2D eigenvalue weighted by molar-refractivity contribution is 0.0835. The number of rotatable bonds is 3. The van der Waals surface area contributed by atoms with E-state index in [0.717, 1.165) is 5.56 Å². The van der Waals surface area contributed by atoms with Crippen molar-refractivity contribution in [1.82, 2.24) is 0 Å². The third-order valence-electron chi connectivity index (χ3n) is 3.71. The fraction of sp³-hybridized carbons (Fsp3) is 0.235. The minimum Gasteiger partial charge on any atom is -0.502 e. The minimum atomic E-state index is -0.441. The number of phenols is 1. The van der Waals surface area contributed by atoms with E-state index in [2.05, 4.69) is 0 Å². The molecule has 1 heterocycles. The summed E-state index contributed by atoms with van der Waals surface area (Å²) in [5.74, 6) is 0.330. The Hall–Kier alpha value is -2.69. The molecule has 114 valence electrons. The number of carbonyl (C=O) groups is 1. The van der Waals surface area contributed by atoms with Crippen molar-refractivity contribution >= 4 is 5.78 Å². The van der Waals surface area contributed by atoms with Gasteiger partial charge in [-0.1, -0.05) is 30.3 Å². The maximum absolute atomic E-state index is 12.5. The molecule has 0 saturated carbocycles. The lowest BCUT2D eigenvalue weighted by atomic mass is 9.95. The molecule has 5 heteroatoms. The molecule has 0 radical (unpaired) electrons. The number of hydrogen-bond acceptors (Lipinski definition) is 5. The molecule has 0 aliphatic carbocycles. The molecule has 1 aliphatic heterocycles. The lowest BCUT2D eigenvalue weighted by Crippen LogP contribution is -2.21. The Morgan fingerprint density at radius 3 is 2.45 bits per heavy atom. The zero-order valence-electron chi connectivity index (χ0n) is 12.3. The lowest BCUT2D eigenvalue weighted by Gasteiger charge is -2.27. The van der Waals surface area contributed by atoms with E-state index in [9.17, 15) is 9.90 Å². The first-order chi connectivity index (χ1) is 10.7. The molecule has 5 nitrogen and oxygen atoms in total. The van der Waals surface area contributed by atoms with E-state index in [0.29, 0.717) is 5.75 Å². The number of ether oxygens (including phenoxy) is 3. The molecule has 1 N–H and O–H groups in total. The zero-order valence-corrected chi connectivity index (χ0v) is 12.3. The molecule has 0 bridgehead atoms. The average Bonchev–Trinajstić information content (AvgIpc) is 2.56. The fourth-order valence-electron chi connectivity index (χ4n) is 2.61. The van der Waals surface area contributed by atoms with Gasteiger partial charge in [0.25, 0.3) is 0 Å². The number of aromatic hydroxyl groups is 1. The number of carbonyl (C=O) groups excluding carboxylic acids is 1. The van der Waals surface area contributed by atoms with Crippen LogP contribution in [0.4, 0.5) is 0 Å². The van der Waals surface area contributed by atoms with Crippen LogP contribution < -0.4 is 14.2 Å².